The van der Waals surface area contributed by atoms with Crippen LogP contribution in [-0.4, -0.2) is 29.0 Å². The van der Waals surface area contributed by atoms with Crippen molar-refractivity contribution in [2.24, 2.45) is 0 Å². The van der Waals surface area contributed by atoms with Crippen LogP contribution in [0.1, 0.15) is 31.0 Å². The van der Waals surface area contributed by atoms with Crippen LogP contribution in [0, 0.1) is 0 Å². The average Bonchev–Trinajstić information content (AvgIpc) is 2.75. The Morgan fingerprint density at radius 2 is 1.72 bits per heavy atom. The van der Waals surface area contributed by atoms with Crippen molar-refractivity contribution in [1.29, 1.82) is 0 Å². The first-order valence-electron chi connectivity index (χ1n) is 9.81. The number of aromatic nitrogens is 2. The highest BCUT2D eigenvalue weighted by molar-refractivity contribution is 5.87. The predicted octanol–water partition coefficient (Wildman–Crippen LogP) is 3.50. The summed E-state index contributed by atoms with van der Waals surface area (Å²) >= 11 is 0. The van der Waals surface area contributed by atoms with Crippen LogP contribution in [0.15, 0.2) is 72.9 Å². The van der Waals surface area contributed by atoms with Crippen molar-refractivity contribution in [3.05, 3.63) is 84.1 Å². The molecule has 0 radical (unpaired) electrons. The van der Waals surface area contributed by atoms with E-state index in [0.717, 1.165) is 16.9 Å². The van der Waals surface area contributed by atoms with Crippen LogP contribution in [0.4, 0.5) is 11.8 Å². The number of benzene rings is 2. The molecule has 1 unspecified atom stereocenters. The monoisotopic (exact) mass is 387 g/mol. The molecule has 1 fully saturated rings. The molecule has 29 heavy (non-hydrogen) atoms. The SMILES string of the molecule is CC(C)(Nc1nccc(N2CCNC(=O)C2c2ccccc2)n1)c1ccccc1. The van der Waals surface area contributed by atoms with Crippen LogP contribution in [0.3, 0.4) is 0 Å². The number of nitrogens with zero attached hydrogens (tertiary/aromatic N) is 3. The fraction of sp³-hybridized carbons (Fsp3) is 0.261. The lowest BCUT2D eigenvalue weighted by atomic mass is 9.95. The maximum Gasteiger partial charge on any atom is 0.247 e. The number of anilines is 2. The molecular formula is C23H25N5O. The largest absolute Gasteiger partial charge is 0.352 e. The molecular weight excluding hydrogens is 362 g/mol. The molecule has 1 amide bonds. The minimum absolute atomic E-state index is 0.0137. The van der Waals surface area contributed by atoms with Gasteiger partial charge in [0.2, 0.25) is 11.9 Å². The van der Waals surface area contributed by atoms with Crippen molar-refractivity contribution in [2.45, 2.75) is 25.4 Å². The standard InChI is InChI=1S/C23H25N5O/c1-23(2,18-11-7-4-8-12-18)27-22-25-14-13-19(26-22)28-16-15-24-21(29)20(28)17-9-5-3-6-10-17/h3-14,20H,15-16H2,1-2H3,(H,24,29)(H,25,26,27). The molecule has 0 aliphatic carbocycles. The highest BCUT2D eigenvalue weighted by Crippen LogP contribution is 2.29. The van der Waals surface area contributed by atoms with E-state index >= 15 is 0 Å². The molecule has 6 heteroatoms. The van der Waals surface area contributed by atoms with E-state index < -0.39 is 6.04 Å². The zero-order valence-corrected chi connectivity index (χ0v) is 16.7. The third-order valence-electron chi connectivity index (χ3n) is 5.18. The number of carbonyl (C=O) groups excluding carboxylic acids is 1. The summed E-state index contributed by atoms with van der Waals surface area (Å²) in [4.78, 5) is 23.9. The molecule has 1 aromatic heterocycles. The summed E-state index contributed by atoms with van der Waals surface area (Å²) in [6.07, 6.45) is 1.74. The number of hydrogen-bond acceptors (Lipinski definition) is 5. The van der Waals surface area contributed by atoms with Crippen molar-refractivity contribution >= 4 is 17.7 Å². The van der Waals surface area contributed by atoms with Crippen LogP contribution >= 0.6 is 0 Å². The van der Waals surface area contributed by atoms with E-state index in [1.165, 1.54) is 0 Å². The summed E-state index contributed by atoms with van der Waals surface area (Å²) in [5, 5.41) is 6.40. The summed E-state index contributed by atoms with van der Waals surface area (Å²) in [5.41, 5.74) is 1.76. The van der Waals surface area contributed by atoms with E-state index in [4.69, 9.17) is 4.98 Å². The normalized spacial score (nSPS) is 17.0. The number of rotatable bonds is 5. The lowest BCUT2D eigenvalue weighted by molar-refractivity contribution is -0.123. The van der Waals surface area contributed by atoms with E-state index in [0.29, 0.717) is 19.0 Å². The van der Waals surface area contributed by atoms with E-state index in [9.17, 15) is 4.79 Å². The maximum absolute atomic E-state index is 12.7. The summed E-state index contributed by atoms with van der Waals surface area (Å²) in [5.74, 6) is 1.25. The molecule has 148 valence electrons. The molecule has 2 aromatic carbocycles. The Hall–Kier alpha value is -3.41. The average molecular weight is 387 g/mol. The number of carbonyl (C=O) groups is 1. The number of hydrogen-bond donors (Lipinski definition) is 2. The topological polar surface area (TPSA) is 70.2 Å². The van der Waals surface area contributed by atoms with Crippen LogP contribution in [-0.2, 0) is 10.3 Å². The quantitative estimate of drug-likeness (QED) is 0.701. The van der Waals surface area contributed by atoms with Gasteiger partial charge in [0.15, 0.2) is 0 Å². The molecule has 1 aliphatic rings. The Bertz CT molecular complexity index is 975. The van der Waals surface area contributed by atoms with Gasteiger partial charge in [-0.3, -0.25) is 4.79 Å². The fourth-order valence-corrected chi connectivity index (χ4v) is 3.66. The van der Waals surface area contributed by atoms with Crippen LogP contribution < -0.4 is 15.5 Å². The highest BCUT2D eigenvalue weighted by atomic mass is 16.2. The number of piperazine rings is 1. The van der Waals surface area contributed by atoms with Gasteiger partial charge in [-0.05, 0) is 31.0 Å². The van der Waals surface area contributed by atoms with Gasteiger partial charge in [0.1, 0.15) is 11.9 Å². The summed E-state index contributed by atoms with van der Waals surface area (Å²) in [6, 6.07) is 21.5. The second-order valence-electron chi connectivity index (χ2n) is 7.65. The van der Waals surface area contributed by atoms with Gasteiger partial charge >= 0.3 is 0 Å². The molecule has 0 spiro atoms. The Labute approximate surface area is 171 Å². The summed E-state index contributed by atoms with van der Waals surface area (Å²) < 4.78 is 0. The zero-order valence-electron chi connectivity index (χ0n) is 16.7. The lowest BCUT2D eigenvalue weighted by Gasteiger charge is -2.36. The first-order valence-corrected chi connectivity index (χ1v) is 9.81. The molecule has 1 saturated heterocycles. The third-order valence-corrected chi connectivity index (χ3v) is 5.18. The van der Waals surface area contributed by atoms with Crippen molar-refractivity contribution in [1.82, 2.24) is 15.3 Å². The highest BCUT2D eigenvalue weighted by Gasteiger charge is 2.32. The molecule has 2 N–H and O–H groups in total. The van der Waals surface area contributed by atoms with Gasteiger partial charge in [0.25, 0.3) is 0 Å². The molecule has 2 heterocycles. The molecule has 1 atom stereocenters. The van der Waals surface area contributed by atoms with Crippen molar-refractivity contribution < 1.29 is 4.79 Å². The second-order valence-corrected chi connectivity index (χ2v) is 7.65. The smallest absolute Gasteiger partial charge is 0.247 e. The van der Waals surface area contributed by atoms with Crippen LogP contribution in [0.2, 0.25) is 0 Å². The first-order chi connectivity index (χ1) is 14.0. The summed E-state index contributed by atoms with van der Waals surface area (Å²) in [7, 11) is 0. The Morgan fingerprint density at radius 1 is 1.03 bits per heavy atom. The zero-order chi connectivity index (χ0) is 20.3. The van der Waals surface area contributed by atoms with Gasteiger partial charge in [-0.25, -0.2) is 4.98 Å². The van der Waals surface area contributed by atoms with E-state index in [1.54, 1.807) is 6.20 Å². The molecule has 0 saturated carbocycles. The van der Waals surface area contributed by atoms with E-state index in [-0.39, 0.29) is 11.4 Å². The number of nitrogens with one attached hydrogen (secondary N) is 2. The Kier molecular flexibility index (Phi) is 5.16. The van der Waals surface area contributed by atoms with Gasteiger partial charge in [-0.2, -0.15) is 4.98 Å². The van der Waals surface area contributed by atoms with Crippen LogP contribution in [0.25, 0.3) is 0 Å². The van der Waals surface area contributed by atoms with Crippen molar-refractivity contribution in [3.8, 4) is 0 Å². The van der Waals surface area contributed by atoms with Crippen molar-refractivity contribution in [2.75, 3.05) is 23.3 Å². The van der Waals surface area contributed by atoms with Gasteiger partial charge in [-0.1, -0.05) is 60.7 Å². The number of amides is 1. The second kappa shape index (κ2) is 7.91. The van der Waals surface area contributed by atoms with Gasteiger partial charge in [0, 0.05) is 19.3 Å². The molecule has 0 bridgehead atoms. The van der Waals surface area contributed by atoms with Crippen molar-refractivity contribution in [3.63, 3.8) is 0 Å². The Balaban J connectivity index is 1.63. The molecule has 3 aromatic rings. The first kappa shape index (κ1) is 18.9. The summed E-state index contributed by atoms with van der Waals surface area (Å²) in [6.45, 7) is 5.47. The maximum atomic E-state index is 12.7. The van der Waals surface area contributed by atoms with E-state index in [1.807, 2.05) is 59.5 Å². The molecule has 1 aliphatic heterocycles. The third kappa shape index (κ3) is 4.06. The molecule has 4 rings (SSSR count). The Morgan fingerprint density at radius 3 is 2.45 bits per heavy atom. The minimum atomic E-state index is -0.408. The minimum Gasteiger partial charge on any atom is -0.352 e. The lowest BCUT2D eigenvalue weighted by Crippen LogP contribution is -2.50. The van der Waals surface area contributed by atoms with Gasteiger partial charge in [0.05, 0.1) is 5.54 Å². The van der Waals surface area contributed by atoms with Gasteiger partial charge < -0.3 is 15.5 Å². The molecule has 6 nitrogen and oxygen atoms in total. The van der Waals surface area contributed by atoms with E-state index in [2.05, 4.69) is 41.6 Å². The van der Waals surface area contributed by atoms with Crippen LogP contribution in [0.5, 0.6) is 0 Å². The fourth-order valence-electron chi connectivity index (χ4n) is 3.66. The predicted molar refractivity (Wildman–Crippen MR) is 115 cm³/mol. The van der Waals surface area contributed by atoms with Gasteiger partial charge in [-0.15, -0.1) is 0 Å².